The van der Waals surface area contributed by atoms with Crippen LogP contribution in [0.25, 0.3) is 0 Å². The number of anilines is 1. The third-order valence-electron chi connectivity index (χ3n) is 5.98. The molecule has 3 aromatic carbocycles. The number of nitrogens with zero attached hydrogens (tertiary/aromatic N) is 1. The van der Waals surface area contributed by atoms with E-state index in [9.17, 15) is 26.4 Å². The van der Waals surface area contributed by atoms with Gasteiger partial charge in [-0.1, -0.05) is 61.3 Å². The summed E-state index contributed by atoms with van der Waals surface area (Å²) in [4.78, 5) is 12.8. The maximum absolute atomic E-state index is 13.5. The van der Waals surface area contributed by atoms with Crippen LogP contribution < -0.4 is 9.62 Å². The summed E-state index contributed by atoms with van der Waals surface area (Å²) in [5.41, 5.74) is 2.30. The summed E-state index contributed by atoms with van der Waals surface area (Å²) >= 11 is 5.74. The first-order chi connectivity index (χ1) is 17.4. The lowest BCUT2D eigenvalue weighted by molar-refractivity contribution is -0.137. The number of benzene rings is 3. The topological polar surface area (TPSA) is 66.5 Å². The van der Waals surface area contributed by atoms with E-state index in [0.717, 1.165) is 47.2 Å². The third-order valence-corrected chi connectivity index (χ3v) is 8.09. The van der Waals surface area contributed by atoms with Crippen LogP contribution in [0.2, 0.25) is 5.02 Å². The van der Waals surface area contributed by atoms with Gasteiger partial charge in [-0.15, -0.1) is 0 Å². The van der Waals surface area contributed by atoms with Gasteiger partial charge in [-0.3, -0.25) is 9.10 Å². The summed E-state index contributed by atoms with van der Waals surface area (Å²) in [6, 6.07) is 14.6. The van der Waals surface area contributed by atoms with Gasteiger partial charge in [0.15, 0.2) is 0 Å². The number of alkyl halides is 3. The molecule has 0 heterocycles. The Kier molecular flexibility index (Phi) is 8.92. The van der Waals surface area contributed by atoms with Gasteiger partial charge in [-0.05, 0) is 66.8 Å². The Morgan fingerprint density at radius 1 is 0.946 bits per heavy atom. The van der Waals surface area contributed by atoms with Crippen LogP contribution in [0.15, 0.2) is 65.6 Å². The molecule has 3 rings (SSSR count). The molecule has 1 amide bonds. The van der Waals surface area contributed by atoms with Crippen LogP contribution in [0.5, 0.6) is 0 Å². The standard InChI is InChI=1S/C27H28ClF3N2O3S/c1-4-19-8-9-20(5-2)21(14-19)16-32-26(34)17-33(37(35,36)23-11-6-18(3)7-12-23)22-10-13-25(28)24(15-22)27(29,30)31/h6-15H,4-5,16-17H2,1-3H3,(H,32,34). The number of amides is 1. The van der Waals surface area contributed by atoms with Crippen molar-refractivity contribution < 1.29 is 26.4 Å². The average molecular weight is 553 g/mol. The van der Waals surface area contributed by atoms with Gasteiger partial charge in [0.1, 0.15) is 6.54 Å². The van der Waals surface area contributed by atoms with Gasteiger partial charge in [-0.25, -0.2) is 8.42 Å². The summed E-state index contributed by atoms with van der Waals surface area (Å²) in [7, 11) is -4.39. The van der Waals surface area contributed by atoms with E-state index in [2.05, 4.69) is 5.32 Å². The van der Waals surface area contributed by atoms with Crippen molar-refractivity contribution in [1.82, 2.24) is 5.32 Å². The first-order valence-corrected chi connectivity index (χ1v) is 13.5. The van der Waals surface area contributed by atoms with Gasteiger partial charge < -0.3 is 5.32 Å². The number of sulfonamides is 1. The Morgan fingerprint density at radius 3 is 2.22 bits per heavy atom. The summed E-state index contributed by atoms with van der Waals surface area (Å²) in [6.45, 7) is 5.21. The van der Waals surface area contributed by atoms with Crippen molar-refractivity contribution in [2.75, 3.05) is 10.8 Å². The quantitative estimate of drug-likeness (QED) is 0.338. The predicted molar refractivity (Wildman–Crippen MR) is 139 cm³/mol. The molecule has 0 bridgehead atoms. The highest BCUT2D eigenvalue weighted by Crippen LogP contribution is 2.38. The summed E-state index contributed by atoms with van der Waals surface area (Å²) in [5, 5.41) is 2.15. The highest BCUT2D eigenvalue weighted by atomic mass is 35.5. The molecule has 5 nitrogen and oxygen atoms in total. The van der Waals surface area contributed by atoms with E-state index < -0.39 is 39.2 Å². The Labute approximate surface area is 220 Å². The lowest BCUT2D eigenvalue weighted by Crippen LogP contribution is -2.41. The van der Waals surface area contributed by atoms with Crippen molar-refractivity contribution in [2.45, 2.75) is 51.2 Å². The molecule has 10 heteroatoms. The van der Waals surface area contributed by atoms with Crippen LogP contribution in [0.4, 0.5) is 18.9 Å². The van der Waals surface area contributed by atoms with E-state index in [0.29, 0.717) is 10.4 Å². The van der Waals surface area contributed by atoms with Gasteiger partial charge in [0.2, 0.25) is 5.91 Å². The first-order valence-electron chi connectivity index (χ1n) is 11.7. The zero-order valence-corrected chi connectivity index (χ0v) is 22.3. The van der Waals surface area contributed by atoms with Crippen molar-refractivity contribution in [3.05, 3.63) is 93.5 Å². The molecule has 1 N–H and O–H groups in total. The third kappa shape index (κ3) is 6.84. The molecule has 0 radical (unpaired) electrons. The van der Waals surface area contributed by atoms with Crippen LogP contribution in [0.3, 0.4) is 0 Å². The van der Waals surface area contributed by atoms with E-state index in [4.69, 9.17) is 11.6 Å². The maximum atomic E-state index is 13.5. The highest BCUT2D eigenvalue weighted by molar-refractivity contribution is 7.92. The molecular weight excluding hydrogens is 525 g/mol. The first kappa shape index (κ1) is 28.5. The zero-order valence-electron chi connectivity index (χ0n) is 20.7. The molecule has 0 atom stereocenters. The maximum Gasteiger partial charge on any atom is 0.417 e. The SMILES string of the molecule is CCc1ccc(CC)c(CNC(=O)CN(c2ccc(Cl)c(C(F)(F)F)c2)S(=O)(=O)c2ccc(C)cc2)c1. The van der Waals surface area contributed by atoms with Crippen LogP contribution in [-0.2, 0) is 40.4 Å². The molecule has 0 saturated heterocycles. The lowest BCUT2D eigenvalue weighted by Gasteiger charge is -2.25. The fourth-order valence-corrected chi connectivity index (χ4v) is 5.46. The molecule has 37 heavy (non-hydrogen) atoms. The normalized spacial score (nSPS) is 11.9. The minimum atomic E-state index is -4.81. The van der Waals surface area contributed by atoms with Crippen LogP contribution in [-0.4, -0.2) is 20.9 Å². The van der Waals surface area contributed by atoms with Crippen molar-refractivity contribution in [2.24, 2.45) is 0 Å². The van der Waals surface area contributed by atoms with Gasteiger partial charge in [-0.2, -0.15) is 13.2 Å². The number of carbonyl (C=O) groups is 1. The minimum Gasteiger partial charge on any atom is -0.350 e. The molecule has 0 aliphatic carbocycles. The number of carbonyl (C=O) groups excluding carboxylic acids is 1. The number of hydrogen-bond donors (Lipinski definition) is 1. The Hall–Kier alpha value is -3.04. The summed E-state index contributed by atoms with van der Waals surface area (Å²) in [6.07, 6.45) is -3.25. The summed E-state index contributed by atoms with van der Waals surface area (Å²) in [5.74, 6) is -0.664. The van der Waals surface area contributed by atoms with Crippen molar-refractivity contribution in [3.63, 3.8) is 0 Å². The second-order valence-corrected chi connectivity index (χ2v) is 10.8. The molecule has 198 valence electrons. The number of nitrogens with one attached hydrogen (secondary N) is 1. The highest BCUT2D eigenvalue weighted by Gasteiger charge is 2.35. The molecule has 3 aromatic rings. The average Bonchev–Trinajstić information content (AvgIpc) is 2.85. The van der Waals surface area contributed by atoms with E-state index in [1.807, 2.05) is 32.0 Å². The molecule has 0 saturated carbocycles. The van der Waals surface area contributed by atoms with Crippen LogP contribution >= 0.6 is 11.6 Å². The molecule has 0 fully saturated rings. The molecular formula is C27H28ClF3N2O3S. The zero-order chi connectivity index (χ0) is 27.4. The van der Waals surface area contributed by atoms with E-state index in [1.54, 1.807) is 19.1 Å². The Morgan fingerprint density at radius 2 is 1.62 bits per heavy atom. The second-order valence-electron chi connectivity index (χ2n) is 8.57. The Bertz CT molecular complexity index is 1370. The van der Waals surface area contributed by atoms with Crippen molar-refractivity contribution >= 4 is 33.2 Å². The number of hydrogen-bond acceptors (Lipinski definition) is 3. The monoisotopic (exact) mass is 552 g/mol. The second kappa shape index (κ2) is 11.6. The summed E-state index contributed by atoms with van der Waals surface area (Å²) < 4.78 is 68.3. The number of aryl methyl sites for hydroxylation is 3. The van der Waals surface area contributed by atoms with Crippen molar-refractivity contribution in [3.8, 4) is 0 Å². The van der Waals surface area contributed by atoms with Gasteiger partial charge in [0.05, 0.1) is 21.2 Å². The van der Waals surface area contributed by atoms with Crippen molar-refractivity contribution in [1.29, 1.82) is 0 Å². The Balaban J connectivity index is 1.97. The van der Waals surface area contributed by atoms with E-state index >= 15 is 0 Å². The fraction of sp³-hybridized carbons (Fsp3) is 0.296. The van der Waals surface area contributed by atoms with Gasteiger partial charge in [0, 0.05) is 6.54 Å². The van der Waals surface area contributed by atoms with Gasteiger partial charge >= 0.3 is 6.18 Å². The predicted octanol–water partition coefficient (Wildman–Crippen LogP) is 6.30. The molecule has 0 aliphatic heterocycles. The van der Waals surface area contributed by atoms with Crippen LogP contribution in [0, 0.1) is 6.92 Å². The number of halogens is 4. The largest absolute Gasteiger partial charge is 0.417 e. The molecule has 0 spiro atoms. The molecule has 0 aromatic heterocycles. The van der Waals surface area contributed by atoms with Gasteiger partial charge in [0.25, 0.3) is 10.0 Å². The van der Waals surface area contributed by atoms with Crippen LogP contribution in [0.1, 0.15) is 41.7 Å². The fourth-order valence-electron chi connectivity index (χ4n) is 3.83. The van der Waals surface area contributed by atoms with E-state index in [-0.39, 0.29) is 17.1 Å². The number of rotatable bonds is 9. The molecule has 0 unspecified atom stereocenters. The van der Waals surface area contributed by atoms with E-state index in [1.165, 1.54) is 12.1 Å². The smallest absolute Gasteiger partial charge is 0.350 e. The lowest BCUT2D eigenvalue weighted by atomic mass is 10.0. The minimum absolute atomic E-state index is 0.154. The molecule has 0 aliphatic rings.